The molecule has 2 atom stereocenters. The van der Waals surface area contributed by atoms with Gasteiger partial charge in [-0.15, -0.1) is 0 Å². The number of carbonyl (C=O) groups is 3. The van der Waals surface area contributed by atoms with E-state index in [9.17, 15) is 14.4 Å². The summed E-state index contributed by atoms with van der Waals surface area (Å²) in [7, 11) is 2.90. The number of carbonyl (C=O) groups excluding carboxylic acids is 3. The quantitative estimate of drug-likeness (QED) is 0.408. The molecule has 0 fully saturated rings. The summed E-state index contributed by atoms with van der Waals surface area (Å²) in [4.78, 5) is 35.6. The smallest absolute Gasteiger partial charge is 0.335 e. The van der Waals surface area contributed by atoms with Crippen molar-refractivity contribution in [1.82, 2.24) is 10.2 Å². The molecule has 126 valence electrons. The standard InChI is InChI=1S/C15H26N2O5/c1-11(17(10-18)8-7-13(19)16-5)9-12(21-6)14(20)22-15(2,3)4/h7-8,10-12H,9H2,1-6H3,(H,16,19)/b8-7-/t11-,12-/m0/s1. The lowest BCUT2D eigenvalue weighted by atomic mass is 10.1. The molecule has 0 heterocycles. The molecule has 7 heteroatoms. The lowest BCUT2D eigenvalue weighted by Crippen LogP contribution is -2.38. The lowest BCUT2D eigenvalue weighted by Gasteiger charge is -2.27. The van der Waals surface area contributed by atoms with Crippen LogP contribution in [0.3, 0.4) is 0 Å². The van der Waals surface area contributed by atoms with Gasteiger partial charge in [-0.2, -0.15) is 0 Å². The molecule has 0 spiro atoms. The molecule has 0 aliphatic heterocycles. The molecule has 0 aliphatic carbocycles. The second kappa shape index (κ2) is 9.19. The molecule has 7 nitrogen and oxygen atoms in total. The Hall–Kier alpha value is -1.89. The average Bonchev–Trinajstić information content (AvgIpc) is 2.42. The number of nitrogens with one attached hydrogen (secondary N) is 1. The highest BCUT2D eigenvalue weighted by Crippen LogP contribution is 2.14. The first-order valence-electron chi connectivity index (χ1n) is 7.03. The Kier molecular flexibility index (Phi) is 8.40. The Morgan fingerprint density at radius 3 is 2.32 bits per heavy atom. The molecule has 0 aliphatic rings. The predicted octanol–water partition coefficient (Wildman–Crippen LogP) is 0.840. The van der Waals surface area contributed by atoms with Crippen LogP contribution in [-0.2, 0) is 23.9 Å². The summed E-state index contributed by atoms with van der Waals surface area (Å²) in [5, 5.41) is 2.41. The van der Waals surface area contributed by atoms with Gasteiger partial charge >= 0.3 is 5.97 Å². The maximum Gasteiger partial charge on any atom is 0.335 e. The average molecular weight is 314 g/mol. The number of likely N-dealkylation sites (N-methyl/N-ethyl adjacent to an activating group) is 1. The summed E-state index contributed by atoms with van der Waals surface area (Å²) < 4.78 is 10.4. The van der Waals surface area contributed by atoms with Gasteiger partial charge in [0, 0.05) is 38.9 Å². The zero-order valence-electron chi connectivity index (χ0n) is 14.1. The van der Waals surface area contributed by atoms with Crippen molar-refractivity contribution < 1.29 is 23.9 Å². The van der Waals surface area contributed by atoms with Crippen LogP contribution in [0.5, 0.6) is 0 Å². The van der Waals surface area contributed by atoms with Crippen LogP contribution in [0.1, 0.15) is 34.1 Å². The fourth-order valence-corrected chi connectivity index (χ4v) is 1.61. The van der Waals surface area contributed by atoms with Crippen molar-refractivity contribution in [2.24, 2.45) is 0 Å². The van der Waals surface area contributed by atoms with Crippen molar-refractivity contribution in [2.45, 2.75) is 51.9 Å². The van der Waals surface area contributed by atoms with Crippen LogP contribution in [0.2, 0.25) is 0 Å². The van der Waals surface area contributed by atoms with Gasteiger partial charge in [-0.3, -0.25) is 9.59 Å². The van der Waals surface area contributed by atoms with Crippen LogP contribution in [0.4, 0.5) is 0 Å². The van der Waals surface area contributed by atoms with E-state index < -0.39 is 17.7 Å². The molecule has 1 N–H and O–H groups in total. The molecule has 0 unspecified atom stereocenters. The number of ether oxygens (including phenoxy) is 2. The van der Waals surface area contributed by atoms with Gasteiger partial charge in [0.1, 0.15) is 5.60 Å². The van der Waals surface area contributed by atoms with Crippen molar-refractivity contribution >= 4 is 18.3 Å². The molecule has 0 aromatic rings. The first kappa shape index (κ1) is 20.1. The van der Waals surface area contributed by atoms with E-state index in [0.717, 1.165) is 0 Å². The molecular formula is C15H26N2O5. The van der Waals surface area contributed by atoms with Crippen molar-refractivity contribution in [2.75, 3.05) is 14.2 Å². The molecular weight excluding hydrogens is 288 g/mol. The summed E-state index contributed by atoms with van der Waals surface area (Å²) in [5.74, 6) is -0.808. The monoisotopic (exact) mass is 314 g/mol. The Labute approximate surface area is 131 Å². The SMILES string of the molecule is CNC(=O)/C=C\N(C=O)[C@@H](C)C[C@H](OC)C(=O)OC(C)(C)C. The van der Waals surface area contributed by atoms with E-state index in [-0.39, 0.29) is 18.4 Å². The molecule has 0 aromatic carbocycles. The number of methoxy groups -OCH3 is 1. The summed E-state index contributed by atoms with van der Waals surface area (Å²) >= 11 is 0. The van der Waals surface area contributed by atoms with Crippen molar-refractivity contribution in [1.29, 1.82) is 0 Å². The summed E-state index contributed by atoms with van der Waals surface area (Å²) in [6, 6.07) is -0.337. The van der Waals surface area contributed by atoms with E-state index in [0.29, 0.717) is 6.41 Å². The summed E-state index contributed by atoms with van der Waals surface area (Å²) in [6.45, 7) is 7.06. The molecule has 0 radical (unpaired) electrons. The summed E-state index contributed by atoms with van der Waals surface area (Å²) in [5.41, 5.74) is -0.611. The number of esters is 1. The fourth-order valence-electron chi connectivity index (χ4n) is 1.61. The van der Waals surface area contributed by atoms with E-state index in [1.807, 2.05) is 0 Å². The predicted molar refractivity (Wildman–Crippen MR) is 81.8 cm³/mol. The van der Waals surface area contributed by atoms with Crippen LogP contribution < -0.4 is 5.32 Å². The van der Waals surface area contributed by atoms with Gasteiger partial charge in [0.15, 0.2) is 6.10 Å². The highest BCUT2D eigenvalue weighted by Gasteiger charge is 2.27. The second-order valence-corrected chi connectivity index (χ2v) is 5.83. The molecule has 22 heavy (non-hydrogen) atoms. The number of rotatable bonds is 8. The minimum Gasteiger partial charge on any atom is -0.458 e. The van der Waals surface area contributed by atoms with Crippen LogP contribution >= 0.6 is 0 Å². The highest BCUT2D eigenvalue weighted by molar-refractivity contribution is 5.87. The number of hydrogen-bond acceptors (Lipinski definition) is 5. The van der Waals surface area contributed by atoms with Crippen LogP contribution in [-0.4, -0.2) is 55.1 Å². The Balaban J connectivity index is 4.78. The molecule has 0 saturated heterocycles. The van der Waals surface area contributed by atoms with Gasteiger partial charge < -0.3 is 19.7 Å². The zero-order valence-corrected chi connectivity index (χ0v) is 14.1. The maximum atomic E-state index is 12.0. The van der Waals surface area contributed by atoms with Crippen molar-refractivity contribution in [3.8, 4) is 0 Å². The Morgan fingerprint density at radius 2 is 1.91 bits per heavy atom. The van der Waals surface area contributed by atoms with Gasteiger partial charge in [0.2, 0.25) is 12.3 Å². The largest absolute Gasteiger partial charge is 0.458 e. The third-order valence-corrected chi connectivity index (χ3v) is 2.78. The van der Waals surface area contributed by atoms with E-state index in [1.54, 1.807) is 27.7 Å². The van der Waals surface area contributed by atoms with E-state index >= 15 is 0 Å². The normalized spacial score (nSPS) is 14.3. The fraction of sp³-hybridized carbons (Fsp3) is 0.667. The van der Waals surface area contributed by atoms with Crippen molar-refractivity contribution in [3.05, 3.63) is 12.3 Å². The first-order valence-corrected chi connectivity index (χ1v) is 7.03. The van der Waals surface area contributed by atoms with Gasteiger partial charge in [0.25, 0.3) is 0 Å². The number of nitrogens with zero attached hydrogens (tertiary/aromatic N) is 1. The molecule has 2 amide bonds. The Bertz CT molecular complexity index is 415. The molecule has 0 rings (SSSR count). The van der Waals surface area contributed by atoms with Crippen LogP contribution in [0, 0.1) is 0 Å². The van der Waals surface area contributed by atoms with Crippen LogP contribution in [0.15, 0.2) is 12.3 Å². The van der Waals surface area contributed by atoms with Gasteiger partial charge in [-0.1, -0.05) is 0 Å². The van der Waals surface area contributed by atoms with Gasteiger partial charge in [0.05, 0.1) is 0 Å². The van der Waals surface area contributed by atoms with Crippen LogP contribution in [0.25, 0.3) is 0 Å². The third-order valence-electron chi connectivity index (χ3n) is 2.78. The van der Waals surface area contributed by atoms with Gasteiger partial charge in [-0.05, 0) is 27.7 Å². The van der Waals surface area contributed by atoms with Gasteiger partial charge in [-0.25, -0.2) is 4.79 Å². The van der Waals surface area contributed by atoms with E-state index in [1.165, 1.54) is 31.3 Å². The highest BCUT2D eigenvalue weighted by atomic mass is 16.6. The topological polar surface area (TPSA) is 84.9 Å². The minimum atomic E-state index is -0.787. The van der Waals surface area contributed by atoms with E-state index in [4.69, 9.17) is 9.47 Å². The second-order valence-electron chi connectivity index (χ2n) is 5.83. The molecule has 0 saturated carbocycles. The third kappa shape index (κ3) is 7.78. The maximum absolute atomic E-state index is 12.0. The zero-order chi connectivity index (χ0) is 17.3. The van der Waals surface area contributed by atoms with E-state index in [2.05, 4.69) is 5.32 Å². The summed E-state index contributed by atoms with van der Waals surface area (Å²) in [6.07, 6.45) is 2.65. The van der Waals surface area contributed by atoms with Crippen molar-refractivity contribution in [3.63, 3.8) is 0 Å². The first-order chi connectivity index (χ1) is 10.1. The number of hydrogen-bond donors (Lipinski definition) is 1. The Morgan fingerprint density at radius 1 is 1.32 bits per heavy atom. The molecule has 0 bridgehead atoms. The number of amides is 2. The lowest BCUT2D eigenvalue weighted by molar-refractivity contribution is -0.168. The molecule has 0 aromatic heterocycles. The minimum absolute atomic E-state index is 0.252.